The van der Waals surface area contributed by atoms with Crippen molar-refractivity contribution in [3.05, 3.63) is 54.0 Å². The topological polar surface area (TPSA) is 52.5 Å². The third-order valence-corrected chi connectivity index (χ3v) is 3.99. The monoisotopic (exact) mass is 320 g/mol. The van der Waals surface area contributed by atoms with E-state index in [4.69, 9.17) is 0 Å². The molecule has 122 valence electrons. The second-order valence-corrected chi connectivity index (χ2v) is 5.53. The summed E-state index contributed by atoms with van der Waals surface area (Å²) in [6, 6.07) is 3.14. The fraction of sp³-hybridized carbons (Fsp3) is 0.375. The number of benzene rings is 1. The van der Waals surface area contributed by atoms with Crippen molar-refractivity contribution >= 4 is 5.82 Å². The number of nitrogens with zero attached hydrogens (tertiary/aromatic N) is 4. The lowest BCUT2D eigenvalue weighted by Gasteiger charge is -2.36. The summed E-state index contributed by atoms with van der Waals surface area (Å²) in [5, 5.41) is 10.2. The van der Waals surface area contributed by atoms with Gasteiger partial charge in [-0.05, 0) is 18.2 Å². The Kier molecular flexibility index (Phi) is 4.78. The van der Waals surface area contributed by atoms with Gasteiger partial charge in [-0.15, -0.1) is 0 Å². The molecule has 1 aromatic carbocycles. The van der Waals surface area contributed by atoms with Crippen molar-refractivity contribution in [3.8, 4) is 0 Å². The van der Waals surface area contributed by atoms with E-state index in [-0.39, 0.29) is 12.1 Å². The molecule has 1 atom stereocenters. The molecule has 1 saturated heterocycles. The van der Waals surface area contributed by atoms with Crippen molar-refractivity contribution in [2.24, 2.45) is 0 Å². The summed E-state index contributed by atoms with van der Waals surface area (Å²) >= 11 is 0. The zero-order chi connectivity index (χ0) is 16.2. The third kappa shape index (κ3) is 3.80. The third-order valence-electron chi connectivity index (χ3n) is 3.99. The fourth-order valence-electron chi connectivity index (χ4n) is 2.73. The van der Waals surface area contributed by atoms with Crippen LogP contribution in [0.15, 0.2) is 36.8 Å². The van der Waals surface area contributed by atoms with Crippen molar-refractivity contribution in [1.29, 1.82) is 0 Å². The first-order valence-electron chi connectivity index (χ1n) is 7.50. The van der Waals surface area contributed by atoms with Gasteiger partial charge < -0.3 is 10.0 Å². The van der Waals surface area contributed by atoms with Gasteiger partial charge in [-0.1, -0.05) is 0 Å². The van der Waals surface area contributed by atoms with E-state index in [1.807, 2.05) is 4.90 Å². The Morgan fingerprint density at radius 2 is 1.91 bits per heavy atom. The molecule has 5 nitrogen and oxygen atoms in total. The molecule has 1 aromatic heterocycles. The molecule has 0 aliphatic carbocycles. The molecule has 7 heteroatoms. The normalized spacial score (nSPS) is 17.3. The van der Waals surface area contributed by atoms with Crippen molar-refractivity contribution < 1.29 is 13.9 Å². The number of aromatic nitrogens is 2. The second kappa shape index (κ2) is 6.97. The standard InChI is InChI=1S/C16H18F2N4O/c17-12-1-2-14(18)13(9-12)15(23)11-21-5-7-22(8-6-21)16-10-19-3-4-20-16/h1-4,9-10,15,23H,5-8,11H2. The van der Waals surface area contributed by atoms with Gasteiger partial charge in [0.1, 0.15) is 17.5 Å². The molecule has 0 radical (unpaired) electrons. The number of hydrogen-bond acceptors (Lipinski definition) is 5. The summed E-state index contributed by atoms with van der Waals surface area (Å²) < 4.78 is 26.9. The predicted octanol–water partition coefficient (Wildman–Crippen LogP) is 1.61. The Balaban J connectivity index is 1.57. The lowest BCUT2D eigenvalue weighted by molar-refractivity contribution is 0.106. The Hall–Kier alpha value is -2.12. The molecule has 0 bridgehead atoms. The maximum absolute atomic E-state index is 13.7. The SMILES string of the molecule is OC(CN1CCN(c2cnccn2)CC1)c1cc(F)ccc1F. The molecule has 1 N–H and O–H groups in total. The van der Waals surface area contributed by atoms with E-state index in [0.717, 1.165) is 37.1 Å². The largest absolute Gasteiger partial charge is 0.387 e. The van der Waals surface area contributed by atoms with Crippen LogP contribution in [-0.2, 0) is 0 Å². The van der Waals surface area contributed by atoms with Gasteiger partial charge in [0.25, 0.3) is 0 Å². The molecule has 1 unspecified atom stereocenters. The van der Waals surface area contributed by atoms with E-state index in [1.54, 1.807) is 18.6 Å². The quantitative estimate of drug-likeness (QED) is 0.927. The molecule has 1 fully saturated rings. The summed E-state index contributed by atoms with van der Waals surface area (Å²) in [6.45, 7) is 3.19. The molecule has 2 aromatic rings. The van der Waals surface area contributed by atoms with Crippen LogP contribution in [0, 0.1) is 11.6 Å². The summed E-state index contributed by atoms with van der Waals surface area (Å²) in [5.41, 5.74) is 0.00126. The van der Waals surface area contributed by atoms with Gasteiger partial charge in [-0.25, -0.2) is 13.8 Å². The average molecular weight is 320 g/mol. The van der Waals surface area contributed by atoms with Gasteiger partial charge in [-0.2, -0.15) is 0 Å². The van der Waals surface area contributed by atoms with Gasteiger partial charge in [0.05, 0.1) is 12.3 Å². The molecule has 23 heavy (non-hydrogen) atoms. The highest BCUT2D eigenvalue weighted by atomic mass is 19.1. The van der Waals surface area contributed by atoms with Gasteiger partial charge in [-0.3, -0.25) is 9.88 Å². The minimum absolute atomic E-state index is 0.00126. The maximum atomic E-state index is 13.7. The minimum atomic E-state index is -1.05. The lowest BCUT2D eigenvalue weighted by atomic mass is 10.1. The number of rotatable bonds is 4. The Morgan fingerprint density at radius 3 is 2.61 bits per heavy atom. The molecule has 0 amide bonds. The molecule has 2 heterocycles. The van der Waals surface area contributed by atoms with Crippen LogP contribution in [0.4, 0.5) is 14.6 Å². The average Bonchev–Trinajstić information content (AvgIpc) is 2.58. The zero-order valence-corrected chi connectivity index (χ0v) is 12.6. The molecular formula is C16H18F2N4O. The summed E-state index contributed by atoms with van der Waals surface area (Å²) in [4.78, 5) is 12.5. The maximum Gasteiger partial charge on any atom is 0.147 e. The highest BCUT2D eigenvalue weighted by Crippen LogP contribution is 2.20. The Labute approximate surface area is 133 Å². The Morgan fingerprint density at radius 1 is 1.13 bits per heavy atom. The van der Waals surface area contributed by atoms with Crippen LogP contribution >= 0.6 is 0 Å². The summed E-state index contributed by atoms with van der Waals surface area (Å²) in [7, 11) is 0. The van der Waals surface area contributed by atoms with Crippen LogP contribution in [0.25, 0.3) is 0 Å². The first-order chi connectivity index (χ1) is 11.1. The number of aliphatic hydroxyl groups excluding tert-OH is 1. The van der Waals surface area contributed by atoms with Crippen LogP contribution in [0.5, 0.6) is 0 Å². The lowest BCUT2D eigenvalue weighted by Crippen LogP contribution is -2.47. The number of piperazine rings is 1. The van der Waals surface area contributed by atoms with E-state index in [2.05, 4.69) is 14.9 Å². The first kappa shape index (κ1) is 15.8. The van der Waals surface area contributed by atoms with Gasteiger partial charge in [0, 0.05) is 50.7 Å². The van der Waals surface area contributed by atoms with Crippen LogP contribution in [0.2, 0.25) is 0 Å². The molecular weight excluding hydrogens is 302 g/mol. The number of aliphatic hydroxyl groups is 1. The van der Waals surface area contributed by atoms with Gasteiger partial charge >= 0.3 is 0 Å². The van der Waals surface area contributed by atoms with Crippen molar-refractivity contribution in [1.82, 2.24) is 14.9 Å². The van der Waals surface area contributed by atoms with Crippen molar-refractivity contribution in [2.45, 2.75) is 6.10 Å². The molecule has 1 aliphatic heterocycles. The van der Waals surface area contributed by atoms with Crippen molar-refractivity contribution in [2.75, 3.05) is 37.6 Å². The smallest absolute Gasteiger partial charge is 0.147 e. The van der Waals surface area contributed by atoms with E-state index >= 15 is 0 Å². The van der Waals surface area contributed by atoms with E-state index in [1.165, 1.54) is 0 Å². The number of β-amino-alcohol motifs (C(OH)–C–C–N with tert-alkyl or cyclic N) is 1. The molecule has 1 aliphatic rings. The van der Waals surface area contributed by atoms with Gasteiger partial charge in [0.2, 0.25) is 0 Å². The first-order valence-corrected chi connectivity index (χ1v) is 7.50. The minimum Gasteiger partial charge on any atom is -0.387 e. The number of anilines is 1. The summed E-state index contributed by atoms with van der Waals surface area (Å²) in [6.07, 6.45) is 3.95. The van der Waals surface area contributed by atoms with Crippen molar-refractivity contribution in [3.63, 3.8) is 0 Å². The molecule has 0 saturated carbocycles. The van der Waals surface area contributed by atoms with E-state index < -0.39 is 17.7 Å². The highest BCUT2D eigenvalue weighted by molar-refractivity contribution is 5.35. The van der Waals surface area contributed by atoms with Crippen LogP contribution in [-0.4, -0.2) is 52.7 Å². The van der Waals surface area contributed by atoms with E-state index in [9.17, 15) is 13.9 Å². The number of hydrogen-bond donors (Lipinski definition) is 1. The molecule has 3 rings (SSSR count). The fourth-order valence-corrected chi connectivity index (χ4v) is 2.73. The number of halogens is 2. The summed E-state index contributed by atoms with van der Waals surface area (Å²) in [5.74, 6) is -0.311. The van der Waals surface area contributed by atoms with Crippen LogP contribution in [0.3, 0.4) is 0 Å². The Bertz CT molecular complexity index is 648. The highest BCUT2D eigenvalue weighted by Gasteiger charge is 2.22. The van der Waals surface area contributed by atoms with Crippen LogP contribution in [0.1, 0.15) is 11.7 Å². The molecule has 0 spiro atoms. The van der Waals surface area contributed by atoms with Crippen LogP contribution < -0.4 is 4.90 Å². The zero-order valence-electron chi connectivity index (χ0n) is 12.6. The predicted molar refractivity (Wildman–Crippen MR) is 82.0 cm³/mol. The second-order valence-electron chi connectivity index (χ2n) is 5.53. The van der Waals surface area contributed by atoms with Gasteiger partial charge in [0.15, 0.2) is 0 Å². The van der Waals surface area contributed by atoms with E-state index in [0.29, 0.717) is 13.1 Å².